The van der Waals surface area contributed by atoms with Gasteiger partial charge in [0.25, 0.3) is 0 Å². The highest BCUT2D eigenvalue weighted by atomic mass is 16.5. The molecule has 5 heteroatoms. The first-order valence-corrected chi connectivity index (χ1v) is 7.17. The van der Waals surface area contributed by atoms with E-state index in [0.29, 0.717) is 6.42 Å². The summed E-state index contributed by atoms with van der Waals surface area (Å²) in [5, 5.41) is 9.43. The highest BCUT2D eigenvalue weighted by Crippen LogP contribution is 2.48. The second-order valence-corrected chi connectivity index (χ2v) is 5.51. The van der Waals surface area contributed by atoms with E-state index in [1.54, 1.807) is 0 Å². The Morgan fingerprint density at radius 1 is 1.40 bits per heavy atom. The number of hydrogen-bond donors (Lipinski definition) is 1. The molecule has 0 spiro atoms. The first-order chi connectivity index (χ1) is 9.60. The first-order valence-electron chi connectivity index (χ1n) is 7.17. The van der Waals surface area contributed by atoms with E-state index in [1.165, 1.54) is 7.11 Å². The summed E-state index contributed by atoms with van der Waals surface area (Å²) < 4.78 is 10.6. The minimum Gasteiger partial charge on any atom is -0.481 e. The molecule has 5 nitrogen and oxygen atoms in total. The van der Waals surface area contributed by atoms with Crippen molar-refractivity contribution in [1.82, 2.24) is 0 Å². The minimum absolute atomic E-state index is 0.115. The third-order valence-electron chi connectivity index (χ3n) is 4.46. The molecule has 5 unspecified atom stereocenters. The van der Waals surface area contributed by atoms with E-state index in [4.69, 9.17) is 9.47 Å². The van der Waals surface area contributed by atoms with Crippen molar-refractivity contribution in [1.29, 1.82) is 0 Å². The van der Waals surface area contributed by atoms with Crippen LogP contribution in [0.5, 0.6) is 0 Å². The lowest BCUT2D eigenvalue weighted by Crippen LogP contribution is -2.41. The molecule has 0 aromatic heterocycles. The van der Waals surface area contributed by atoms with Gasteiger partial charge in [0.15, 0.2) is 0 Å². The molecule has 0 aliphatic carbocycles. The van der Waals surface area contributed by atoms with Crippen LogP contribution in [0.15, 0.2) is 12.2 Å². The maximum Gasteiger partial charge on any atom is 0.309 e. The quantitative estimate of drug-likeness (QED) is 0.596. The molecule has 1 N–H and O–H groups in total. The largest absolute Gasteiger partial charge is 0.481 e. The number of aliphatic carboxylic acids is 1. The zero-order chi connectivity index (χ0) is 14.7. The molecule has 2 saturated heterocycles. The van der Waals surface area contributed by atoms with E-state index in [-0.39, 0.29) is 24.1 Å². The van der Waals surface area contributed by atoms with Crippen LogP contribution in [0.25, 0.3) is 0 Å². The Kier molecular flexibility index (Phi) is 4.81. The summed E-state index contributed by atoms with van der Waals surface area (Å²) in [7, 11) is 1.36. The molecule has 2 heterocycles. The van der Waals surface area contributed by atoms with Crippen LogP contribution in [0.2, 0.25) is 0 Å². The van der Waals surface area contributed by atoms with Gasteiger partial charge in [0.1, 0.15) is 0 Å². The number of methoxy groups -OCH3 is 1. The number of carboxylic acids is 1. The number of fused-ring (bicyclic) bond motifs is 2. The van der Waals surface area contributed by atoms with Gasteiger partial charge in [-0.2, -0.15) is 0 Å². The minimum atomic E-state index is -0.859. The Bertz CT molecular complexity index is 403. The van der Waals surface area contributed by atoms with Gasteiger partial charge in [-0.05, 0) is 32.6 Å². The van der Waals surface area contributed by atoms with Crippen molar-refractivity contribution in [2.24, 2.45) is 17.8 Å². The Morgan fingerprint density at radius 2 is 2.10 bits per heavy atom. The van der Waals surface area contributed by atoms with E-state index in [2.05, 4.69) is 0 Å². The summed E-state index contributed by atoms with van der Waals surface area (Å²) in [6, 6.07) is 0. The molecule has 0 radical (unpaired) electrons. The van der Waals surface area contributed by atoms with Crippen molar-refractivity contribution in [3.8, 4) is 0 Å². The smallest absolute Gasteiger partial charge is 0.309 e. The Morgan fingerprint density at radius 3 is 2.70 bits per heavy atom. The SMILES string of the molecule is CC=CCCC(C(=O)OC)C1C2CCC(O2)C1C(=O)O. The molecule has 0 aromatic carbocycles. The van der Waals surface area contributed by atoms with E-state index in [9.17, 15) is 14.7 Å². The van der Waals surface area contributed by atoms with Crippen LogP contribution in [0.3, 0.4) is 0 Å². The van der Waals surface area contributed by atoms with Crippen molar-refractivity contribution in [2.45, 2.75) is 44.8 Å². The summed E-state index contributed by atoms with van der Waals surface area (Å²) in [5.74, 6) is -2.41. The van der Waals surface area contributed by atoms with Gasteiger partial charge in [0.2, 0.25) is 0 Å². The number of carboxylic acid groups (broad SMARTS) is 1. The van der Waals surface area contributed by atoms with Crippen molar-refractivity contribution < 1.29 is 24.2 Å². The van der Waals surface area contributed by atoms with Crippen molar-refractivity contribution in [3.63, 3.8) is 0 Å². The summed E-state index contributed by atoms with van der Waals surface area (Å²) in [6.07, 6.45) is 6.54. The third kappa shape index (κ3) is 2.73. The number of carbonyl (C=O) groups is 2. The maximum absolute atomic E-state index is 12.0. The fraction of sp³-hybridized carbons (Fsp3) is 0.733. The van der Waals surface area contributed by atoms with Crippen LogP contribution in [-0.2, 0) is 19.1 Å². The lowest BCUT2D eigenvalue weighted by Gasteiger charge is -2.30. The number of ether oxygens (including phenoxy) is 2. The fourth-order valence-electron chi connectivity index (χ4n) is 3.61. The molecule has 20 heavy (non-hydrogen) atoms. The third-order valence-corrected chi connectivity index (χ3v) is 4.46. The molecular formula is C15H22O5. The molecule has 5 atom stereocenters. The van der Waals surface area contributed by atoms with Crippen LogP contribution in [0, 0.1) is 17.8 Å². The predicted molar refractivity (Wildman–Crippen MR) is 72.1 cm³/mol. The van der Waals surface area contributed by atoms with Crippen molar-refractivity contribution in [3.05, 3.63) is 12.2 Å². The number of esters is 1. The standard InChI is InChI=1S/C15H22O5/c1-3-4-5-6-9(15(18)19-2)12-10-7-8-11(20-10)13(12)14(16)17/h3-4,9-13H,5-8H2,1-2H3,(H,16,17). The molecule has 112 valence electrons. The topological polar surface area (TPSA) is 72.8 Å². The van der Waals surface area contributed by atoms with Crippen molar-refractivity contribution in [2.75, 3.05) is 7.11 Å². The summed E-state index contributed by atoms with van der Waals surface area (Å²) in [4.78, 5) is 23.5. The van der Waals surface area contributed by atoms with Crippen molar-refractivity contribution >= 4 is 11.9 Å². The van der Waals surface area contributed by atoms with E-state index >= 15 is 0 Å². The van der Waals surface area contributed by atoms with Gasteiger partial charge < -0.3 is 14.6 Å². The highest BCUT2D eigenvalue weighted by molar-refractivity contribution is 5.77. The van der Waals surface area contributed by atoms with Crippen LogP contribution < -0.4 is 0 Å². The lowest BCUT2D eigenvalue weighted by molar-refractivity contribution is -0.152. The maximum atomic E-state index is 12.0. The zero-order valence-electron chi connectivity index (χ0n) is 12.0. The van der Waals surface area contributed by atoms with Gasteiger partial charge in [0.05, 0.1) is 31.2 Å². The molecule has 2 fully saturated rings. The van der Waals surface area contributed by atoms with Gasteiger partial charge in [-0.15, -0.1) is 0 Å². The fourth-order valence-corrected chi connectivity index (χ4v) is 3.61. The lowest BCUT2D eigenvalue weighted by atomic mass is 9.71. The van der Waals surface area contributed by atoms with Crippen LogP contribution in [-0.4, -0.2) is 36.4 Å². The monoisotopic (exact) mass is 282 g/mol. The number of rotatable bonds is 6. The molecule has 0 amide bonds. The molecular weight excluding hydrogens is 260 g/mol. The van der Waals surface area contributed by atoms with Gasteiger partial charge in [-0.1, -0.05) is 12.2 Å². The number of allylic oxidation sites excluding steroid dienone is 2. The van der Waals surface area contributed by atoms with Gasteiger partial charge in [0, 0.05) is 5.92 Å². The summed E-state index contributed by atoms with van der Waals surface area (Å²) in [5.41, 5.74) is 0. The van der Waals surface area contributed by atoms with E-state index in [1.807, 2.05) is 19.1 Å². The van der Waals surface area contributed by atoms with Crippen LogP contribution in [0.1, 0.15) is 32.6 Å². The van der Waals surface area contributed by atoms with Gasteiger partial charge >= 0.3 is 11.9 Å². The average molecular weight is 282 g/mol. The second kappa shape index (κ2) is 6.39. The van der Waals surface area contributed by atoms with Gasteiger partial charge in [-0.25, -0.2) is 0 Å². The van der Waals surface area contributed by atoms with Crippen LogP contribution >= 0.6 is 0 Å². The second-order valence-electron chi connectivity index (χ2n) is 5.51. The number of hydrogen-bond acceptors (Lipinski definition) is 4. The normalized spacial score (nSPS) is 33.5. The van der Waals surface area contributed by atoms with E-state index in [0.717, 1.165) is 19.3 Å². The Labute approximate surface area is 118 Å². The first kappa shape index (κ1) is 15.0. The molecule has 0 saturated carbocycles. The Balaban J connectivity index is 2.17. The predicted octanol–water partition coefficient (Wildman–Crippen LogP) is 2.01. The number of carbonyl (C=O) groups excluding carboxylic acids is 1. The molecule has 2 aliphatic rings. The molecule has 0 aromatic rings. The zero-order valence-corrected chi connectivity index (χ0v) is 12.0. The van der Waals surface area contributed by atoms with E-state index < -0.39 is 17.8 Å². The molecule has 2 aliphatic heterocycles. The highest BCUT2D eigenvalue weighted by Gasteiger charge is 2.56. The Hall–Kier alpha value is -1.36. The summed E-state index contributed by atoms with van der Waals surface area (Å²) in [6.45, 7) is 1.92. The summed E-state index contributed by atoms with van der Waals surface area (Å²) >= 11 is 0. The van der Waals surface area contributed by atoms with Crippen LogP contribution in [0.4, 0.5) is 0 Å². The molecule has 2 rings (SSSR count). The molecule has 2 bridgehead atoms. The average Bonchev–Trinajstić information content (AvgIpc) is 3.03. The van der Waals surface area contributed by atoms with Gasteiger partial charge in [-0.3, -0.25) is 9.59 Å².